The highest BCUT2D eigenvalue weighted by atomic mass is 32.2. The van der Waals surface area contributed by atoms with Gasteiger partial charge in [0.2, 0.25) is 16.0 Å². The summed E-state index contributed by atoms with van der Waals surface area (Å²) in [5.74, 6) is -0.0162. The van der Waals surface area contributed by atoms with E-state index >= 15 is 0 Å². The fourth-order valence-electron chi connectivity index (χ4n) is 3.63. The first-order chi connectivity index (χ1) is 14.0. The fraction of sp³-hybridized carbons (Fsp3) is 0.389. The lowest BCUT2D eigenvalue weighted by Crippen LogP contribution is -2.39. The molecule has 1 saturated heterocycles. The third-order valence-electron chi connectivity index (χ3n) is 5.22. The highest BCUT2D eigenvalue weighted by Gasteiger charge is 2.30. The minimum atomic E-state index is -3.75. The van der Waals surface area contributed by atoms with Crippen LogP contribution in [0.25, 0.3) is 11.1 Å². The molecule has 0 amide bonds. The van der Waals surface area contributed by atoms with Crippen molar-refractivity contribution in [3.8, 4) is 0 Å². The molecule has 152 valence electrons. The van der Waals surface area contributed by atoms with E-state index in [-0.39, 0.29) is 11.4 Å². The van der Waals surface area contributed by atoms with Crippen molar-refractivity contribution >= 4 is 27.1 Å². The Bertz CT molecular complexity index is 1230. The number of fused-ring (bicyclic) bond motifs is 2. The van der Waals surface area contributed by atoms with Crippen molar-refractivity contribution < 1.29 is 17.6 Å². The van der Waals surface area contributed by atoms with Crippen molar-refractivity contribution in [3.05, 3.63) is 46.2 Å². The molecule has 2 aliphatic rings. The molecule has 0 saturated carbocycles. The molecule has 0 unspecified atom stereocenters. The molecule has 1 N–H and O–H groups in total. The lowest BCUT2D eigenvalue weighted by molar-refractivity contribution is 0.122. The number of morpholine rings is 1. The summed E-state index contributed by atoms with van der Waals surface area (Å²) in [6, 6.07) is 4.35. The third-order valence-corrected chi connectivity index (χ3v) is 7.06. The maximum absolute atomic E-state index is 13.2. The van der Waals surface area contributed by atoms with E-state index in [4.69, 9.17) is 9.15 Å². The van der Waals surface area contributed by atoms with Crippen molar-refractivity contribution in [2.45, 2.75) is 17.9 Å². The number of ether oxygens (including phenoxy) is 1. The minimum absolute atomic E-state index is 0.105. The Labute approximate surface area is 166 Å². The summed E-state index contributed by atoms with van der Waals surface area (Å²) < 4.78 is 38.1. The summed E-state index contributed by atoms with van der Waals surface area (Å²) >= 11 is 0. The normalized spacial score (nSPS) is 18.1. The minimum Gasteiger partial charge on any atom is -0.408 e. The van der Waals surface area contributed by atoms with E-state index in [1.54, 1.807) is 6.20 Å². The Balaban J connectivity index is 1.44. The molecular formula is C18H19N5O5S. The van der Waals surface area contributed by atoms with Gasteiger partial charge in [0.05, 0.1) is 35.9 Å². The summed E-state index contributed by atoms with van der Waals surface area (Å²) in [5.41, 5.74) is 2.35. The molecule has 1 fully saturated rings. The summed E-state index contributed by atoms with van der Waals surface area (Å²) in [5, 5.41) is 0. The van der Waals surface area contributed by atoms with Crippen LogP contribution in [0.4, 0.5) is 5.95 Å². The number of nitrogens with zero attached hydrogens (tertiary/aromatic N) is 4. The molecule has 11 heteroatoms. The van der Waals surface area contributed by atoms with Crippen LogP contribution >= 0.6 is 0 Å². The number of hydrogen-bond acceptors (Lipinski definition) is 8. The van der Waals surface area contributed by atoms with Gasteiger partial charge in [-0.2, -0.15) is 4.31 Å². The fourth-order valence-corrected chi connectivity index (χ4v) is 5.06. The molecule has 0 aliphatic carbocycles. The number of hydrogen-bond donors (Lipinski definition) is 1. The number of aromatic nitrogens is 3. The molecule has 2 aromatic heterocycles. The predicted molar refractivity (Wildman–Crippen MR) is 103 cm³/mol. The summed E-state index contributed by atoms with van der Waals surface area (Å²) in [6.45, 7) is 3.19. The van der Waals surface area contributed by atoms with Gasteiger partial charge in [-0.25, -0.2) is 23.2 Å². The first kappa shape index (κ1) is 18.3. The lowest BCUT2D eigenvalue weighted by atomic mass is 10.1. The van der Waals surface area contributed by atoms with Gasteiger partial charge in [-0.15, -0.1) is 0 Å². The Hall–Kier alpha value is -2.76. The number of H-pyrrole nitrogens is 1. The summed E-state index contributed by atoms with van der Waals surface area (Å²) in [4.78, 5) is 25.1. The molecule has 10 nitrogen and oxygen atoms in total. The molecule has 0 bridgehead atoms. The summed E-state index contributed by atoms with van der Waals surface area (Å²) in [6.07, 6.45) is 2.34. The van der Waals surface area contributed by atoms with Crippen LogP contribution in [0.15, 0.2) is 38.5 Å². The van der Waals surface area contributed by atoms with Crippen LogP contribution in [0, 0.1) is 0 Å². The predicted octanol–water partition coefficient (Wildman–Crippen LogP) is 0.495. The van der Waals surface area contributed by atoms with Crippen molar-refractivity contribution in [3.63, 3.8) is 0 Å². The number of rotatable bonds is 3. The topological polar surface area (TPSA) is 122 Å². The van der Waals surface area contributed by atoms with Gasteiger partial charge in [0.1, 0.15) is 0 Å². The number of anilines is 1. The average molecular weight is 417 g/mol. The van der Waals surface area contributed by atoms with Crippen LogP contribution in [0.1, 0.15) is 11.3 Å². The van der Waals surface area contributed by atoms with Crippen molar-refractivity contribution in [2.75, 3.05) is 37.7 Å². The smallest absolute Gasteiger partial charge is 0.408 e. The zero-order valence-electron chi connectivity index (χ0n) is 15.5. The van der Waals surface area contributed by atoms with Gasteiger partial charge in [0.15, 0.2) is 5.58 Å². The van der Waals surface area contributed by atoms with Gasteiger partial charge in [0.25, 0.3) is 0 Å². The molecule has 0 radical (unpaired) electrons. The maximum atomic E-state index is 13.2. The number of aromatic amines is 1. The second-order valence-electron chi connectivity index (χ2n) is 7.00. The zero-order chi connectivity index (χ0) is 20.0. The molecule has 29 heavy (non-hydrogen) atoms. The summed E-state index contributed by atoms with van der Waals surface area (Å²) in [7, 11) is -3.75. The number of nitrogens with one attached hydrogen (secondary N) is 1. The van der Waals surface area contributed by atoms with Gasteiger partial charge < -0.3 is 14.1 Å². The Morgan fingerprint density at radius 2 is 1.97 bits per heavy atom. The van der Waals surface area contributed by atoms with Gasteiger partial charge in [-0.3, -0.25) is 4.98 Å². The third kappa shape index (κ3) is 3.30. The van der Waals surface area contributed by atoms with Gasteiger partial charge in [-0.05, 0) is 30.2 Å². The molecule has 0 atom stereocenters. The van der Waals surface area contributed by atoms with E-state index in [0.717, 1.165) is 5.56 Å². The zero-order valence-corrected chi connectivity index (χ0v) is 16.3. The molecule has 4 heterocycles. The van der Waals surface area contributed by atoms with E-state index in [2.05, 4.69) is 15.0 Å². The molecule has 1 aromatic carbocycles. The van der Waals surface area contributed by atoms with Crippen LogP contribution in [-0.2, 0) is 27.7 Å². The molecule has 3 aromatic rings. The van der Waals surface area contributed by atoms with E-state index in [9.17, 15) is 13.2 Å². The van der Waals surface area contributed by atoms with Crippen molar-refractivity contribution in [1.29, 1.82) is 0 Å². The van der Waals surface area contributed by atoms with Crippen LogP contribution in [-0.4, -0.2) is 60.5 Å². The van der Waals surface area contributed by atoms with E-state index < -0.39 is 15.8 Å². The second-order valence-corrected chi connectivity index (χ2v) is 8.94. The average Bonchev–Trinajstić information content (AvgIpc) is 3.12. The SMILES string of the molecule is O=c1[nH]c2cc(S(=O)(=O)N3CCc4cnc(N5CCOCC5)nc4C3)ccc2o1. The highest BCUT2D eigenvalue weighted by Crippen LogP contribution is 2.26. The van der Waals surface area contributed by atoms with E-state index in [0.29, 0.717) is 62.0 Å². The number of oxazole rings is 1. The van der Waals surface area contributed by atoms with Crippen LogP contribution in [0.2, 0.25) is 0 Å². The van der Waals surface area contributed by atoms with Gasteiger partial charge in [0, 0.05) is 25.8 Å². The lowest BCUT2D eigenvalue weighted by Gasteiger charge is -2.30. The van der Waals surface area contributed by atoms with Gasteiger partial charge in [-0.1, -0.05) is 0 Å². The second kappa shape index (κ2) is 6.94. The number of sulfonamides is 1. The van der Waals surface area contributed by atoms with E-state index in [1.165, 1.54) is 22.5 Å². The first-order valence-electron chi connectivity index (χ1n) is 9.31. The molecular weight excluding hydrogens is 398 g/mol. The highest BCUT2D eigenvalue weighted by molar-refractivity contribution is 7.89. The first-order valence-corrected chi connectivity index (χ1v) is 10.8. The van der Waals surface area contributed by atoms with Crippen LogP contribution < -0.4 is 10.7 Å². The van der Waals surface area contributed by atoms with Crippen molar-refractivity contribution in [1.82, 2.24) is 19.3 Å². The largest absolute Gasteiger partial charge is 0.417 e. The van der Waals surface area contributed by atoms with E-state index in [1.807, 2.05) is 4.90 Å². The van der Waals surface area contributed by atoms with Crippen molar-refractivity contribution in [2.24, 2.45) is 0 Å². The Kier molecular flexibility index (Phi) is 4.37. The Morgan fingerprint density at radius 3 is 2.79 bits per heavy atom. The molecule has 0 spiro atoms. The quantitative estimate of drug-likeness (QED) is 0.654. The van der Waals surface area contributed by atoms with Crippen LogP contribution in [0.3, 0.4) is 0 Å². The van der Waals surface area contributed by atoms with Gasteiger partial charge >= 0.3 is 5.76 Å². The molecule has 2 aliphatic heterocycles. The van der Waals surface area contributed by atoms with Crippen LogP contribution in [0.5, 0.6) is 0 Å². The number of benzene rings is 1. The standard InChI is InChI=1S/C18H19N5O5S/c24-18-21-14-9-13(1-2-16(14)28-18)29(25,26)23-4-3-12-10-19-17(20-15(12)11-23)22-5-7-27-8-6-22/h1-2,9-10H,3-8,11H2,(H,21,24). The molecule has 5 rings (SSSR count). The monoisotopic (exact) mass is 417 g/mol. The Morgan fingerprint density at radius 1 is 1.14 bits per heavy atom. The maximum Gasteiger partial charge on any atom is 0.417 e.